The molecule has 3 aromatic carbocycles. The third kappa shape index (κ3) is 8.05. The van der Waals surface area contributed by atoms with E-state index in [1.807, 2.05) is 24.3 Å². The maximum absolute atomic E-state index is 13.3. The third-order valence-corrected chi connectivity index (χ3v) is 5.66. The summed E-state index contributed by atoms with van der Waals surface area (Å²) in [7, 11) is 1.38. The first kappa shape index (κ1) is 27.7. The van der Waals surface area contributed by atoms with E-state index in [9.17, 15) is 24.5 Å². The highest BCUT2D eigenvalue weighted by Crippen LogP contribution is 2.25. The Labute approximate surface area is 219 Å². The number of hydrogen-bond acceptors (Lipinski definition) is 7. The van der Waals surface area contributed by atoms with Crippen molar-refractivity contribution >= 4 is 23.6 Å². The second kappa shape index (κ2) is 13.4. The summed E-state index contributed by atoms with van der Waals surface area (Å²) in [5.74, 6) is -1.25. The van der Waals surface area contributed by atoms with Crippen molar-refractivity contribution in [3.05, 3.63) is 106 Å². The number of rotatable bonds is 12. The number of ether oxygens (including phenoxy) is 2. The van der Waals surface area contributed by atoms with Crippen molar-refractivity contribution in [2.24, 2.45) is 5.73 Å². The van der Waals surface area contributed by atoms with Gasteiger partial charge in [-0.05, 0) is 17.2 Å². The summed E-state index contributed by atoms with van der Waals surface area (Å²) in [6.07, 6.45) is -0.873. The number of nitrogens with one attached hydrogen (secondary N) is 2. The molecular formula is C27H28N4O7. The average molecular weight is 521 g/mol. The van der Waals surface area contributed by atoms with Gasteiger partial charge >= 0.3 is 6.09 Å². The molecule has 0 heterocycles. The molecule has 4 N–H and O–H groups in total. The van der Waals surface area contributed by atoms with Crippen LogP contribution in [-0.4, -0.2) is 42.0 Å². The van der Waals surface area contributed by atoms with E-state index in [1.54, 1.807) is 36.4 Å². The monoisotopic (exact) mass is 520 g/mol. The number of hydrogen-bond donors (Lipinski definition) is 3. The van der Waals surface area contributed by atoms with Gasteiger partial charge in [0.2, 0.25) is 11.8 Å². The zero-order valence-electron chi connectivity index (χ0n) is 20.7. The topological polar surface area (TPSA) is 163 Å². The number of nitro benzene ring substituents is 1. The van der Waals surface area contributed by atoms with Gasteiger partial charge in [-0.1, -0.05) is 60.7 Å². The summed E-state index contributed by atoms with van der Waals surface area (Å²) in [5.41, 5.74) is 7.17. The van der Waals surface area contributed by atoms with E-state index < -0.39 is 34.9 Å². The minimum absolute atomic E-state index is 0.00282. The molecule has 0 unspecified atom stereocenters. The van der Waals surface area contributed by atoms with Crippen LogP contribution in [0.3, 0.4) is 0 Å². The van der Waals surface area contributed by atoms with Gasteiger partial charge in [0.1, 0.15) is 24.4 Å². The van der Waals surface area contributed by atoms with Gasteiger partial charge in [0.25, 0.3) is 5.69 Å². The van der Waals surface area contributed by atoms with Gasteiger partial charge in [-0.2, -0.15) is 0 Å². The Morgan fingerprint density at radius 3 is 2.11 bits per heavy atom. The van der Waals surface area contributed by atoms with Gasteiger partial charge in [-0.3, -0.25) is 19.7 Å². The number of carbonyl (C=O) groups is 3. The quantitative estimate of drug-likeness (QED) is 0.244. The molecule has 198 valence electrons. The highest BCUT2D eigenvalue weighted by molar-refractivity contribution is 5.91. The number of methoxy groups -OCH3 is 1. The first-order valence-electron chi connectivity index (χ1n) is 11.7. The molecule has 11 nitrogen and oxygen atoms in total. The zero-order valence-corrected chi connectivity index (χ0v) is 20.7. The number of amides is 3. The van der Waals surface area contributed by atoms with Gasteiger partial charge in [-0.25, -0.2) is 4.79 Å². The molecule has 3 aromatic rings. The molecule has 0 radical (unpaired) electrons. The lowest BCUT2D eigenvalue weighted by atomic mass is 10.0. The van der Waals surface area contributed by atoms with Crippen LogP contribution in [0.25, 0.3) is 0 Å². The Balaban J connectivity index is 1.76. The average Bonchev–Trinajstić information content (AvgIpc) is 2.92. The summed E-state index contributed by atoms with van der Waals surface area (Å²) in [6.45, 7) is 0.00282. The summed E-state index contributed by atoms with van der Waals surface area (Å²) in [5, 5.41) is 16.3. The Morgan fingerprint density at radius 2 is 1.53 bits per heavy atom. The summed E-state index contributed by atoms with van der Waals surface area (Å²) in [6, 6.07) is 19.6. The molecule has 38 heavy (non-hydrogen) atoms. The number of nitrogens with zero attached hydrogens (tertiary/aromatic N) is 1. The summed E-state index contributed by atoms with van der Waals surface area (Å²) < 4.78 is 10.5. The lowest BCUT2D eigenvalue weighted by molar-refractivity contribution is -0.384. The molecule has 0 aliphatic heterocycles. The molecule has 0 saturated heterocycles. The van der Waals surface area contributed by atoms with Crippen LogP contribution in [0.1, 0.15) is 16.7 Å². The van der Waals surface area contributed by atoms with E-state index in [0.29, 0.717) is 11.3 Å². The van der Waals surface area contributed by atoms with E-state index in [4.69, 9.17) is 15.2 Å². The number of nitro groups is 1. The molecule has 3 rings (SSSR count). The number of nitrogens with two attached hydrogens (primary N) is 1. The molecule has 0 aliphatic carbocycles. The van der Waals surface area contributed by atoms with Crippen molar-refractivity contribution in [2.45, 2.75) is 31.5 Å². The normalized spacial score (nSPS) is 12.0. The van der Waals surface area contributed by atoms with Crippen LogP contribution in [0.2, 0.25) is 0 Å². The largest absolute Gasteiger partial charge is 0.496 e. The van der Waals surface area contributed by atoms with Crippen molar-refractivity contribution < 1.29 is 28.8 Å². The summed E-state index contributed by atoms with van der Waals surface area (Å²) >= 11 is 0. The Hall–Kier alpha value is -4.93. The fourth-order valence-corrected chi connectivity index (χ4v) is 3.72. The smallest absolute Gasteiger partial charge is 0.408 e. The molecular weight excluding hydrogens is 492 g/mol. The molecule has 0 aromatic heterocycles. The van der Waals surface area contributed by atoms with Crippen molar-refractivity contribution in [1.29, 1.82) is 0 Å². The number of primary amides is 1. The molecule has 0 fully saturated rings. The fourth-order valence-electron chi connectivity index (χ4n) is 3.72. The minimum atomic E-state index is -1.24. The fraction of sp³-hybridized carbons (Fsp3) is 0.222. The Bertz CT molecular complexity index is 1270. The van der Waals surface area contributed by atoms with Gasteiger partial charge in [-0.15, -0.1) is 0 Å². The SMILES string of the molecule is COc1ccc([N+](=O)[O-])cc1C[C@@H](NC(=O)[C@H](Cc1ccccc1)NC(=O)OCc1ccccc1)C(N)=O. The van der Waals surface area contributed by atoms with E-state index in [0.717, 1.165) is 11.1 Å². The van der Waals surface area contributed by atoms with E-state index in [2.05, 4.69) is 10.6 Å². The van der Waals surface area contributed by atoms with Crippen molar-refractivity contribution in [3.8, 4) is 5.75 Å². The summed E-state index contributed by atoms with van der Waals surface area (Å²) in [4.78, 5) is 48.7. The second-order valence-electron chi connectivity index (χ2n) is 8.37. The third-order valence-electron chi connectivity index (χ3n) is 5.66. The second-order valence-corrected chi connectivity index (χ2v) is 8.37. The standard InChI is InChI=1S/C27H28N4O7/c1-37-24-13-12-21(31(35)36)15-20(24)16-22(25(28)32)29-26(33)23(14-18-8-4-2-5-9-18)30-27(34)38-17-19-10-6-3-7-11-19/h2-13,15,22-23H,14,16-17H2,1H3,(H2,28,32)(H,29,33)(H,30,34)/t22-,23+/m1/s1. The molecule has 0 saturated carbocycles. The van der Waals surface area contributed by atoms with Gasteiger partial charge in [0.15, 0.2) is 0 Å². The molecule has 0 aliphatic rings. The molecule has 3 amide bonds. The minimum Gasteiger partial charge on any atom is -0.496 e. The van der Waals surface area contributed by atoms with Crippen LogP contribution < -0.4 is 21.1 Å². The number of alkyl carbamates (subject to hydrolysis) is 1. The van der Waals surface area contributed by atoms with Crippen molar-refractivity contribution in [1.82, 2.24) is 10.6 Å². The highest BCUT2D eigenvalue weighted by Gasteiger charge is 2.28. The molecule has 11 heteroatoms. The van der Waals surface area contributed by atoms with Crippen molar-refractivity contribution in [3.63, 3.8) is 0 Å². The number of carbonyl (C=O) groups excluding carboxylic acids is 3. The predicted molar refractivity (Wildman–Crippen MR) is 138 cm³/mol. The number of non-ortho nitro benzene ring substituents is 1. The van der Waals surface area contributed by atoms with Crippen LogP contribution in [0.15, 0.2) is 78.9 Å². The van der Waals surface area contributed by atoms with E-state index >= 15 is 0 Å². The first-order valence-corrected chi connectivity index (χ1v) is 11.7. The van der Waals surface area contributed by atoms with Gasteiger partial charge in [0, 0.05) is 30.5 Å². The van der Waals surface area contributed by atoms with Gasteiger partial charge < -0.3 is 25.8 Å². The first-order chi connectivity index (χ1) is 18.3. The highest BCUT2D eigenvalue weighted by atomic mass is 16.6. The van der Waals surface area contributed by atoms with Crippen LogP contribution in [-0.2, 0) is 33.8 Å². The lowest BCUT2D eigenvalue weighted by Crippen LogP contribution is -2.54. The molecule has 0 spiro atoms. The van der Waals surface area contributed by atoms with Crippen LogP contribution in [0.5, 0.6) is 5.75 Å². The van der Waals surface area contributed by atoms with Crippen LogP contribution in [0.4, 0.5) is 10.5 Å². The predicted octanol–water partition coefficient (Wildman–Crippen LogP) is 2.65. The van der Waals surface area contributed by atoms with E-state index in [-0.39, 0.29) is 25.1 Å². The molecule has 2 atom stereocenters. The van der Waals surface area contributed by atoms with E-state index in [1.165, 1.54) is 25.3 Å². The van der Waals surface area contributed by atoms with Gasteiger partial charge in [0.05, 0.1) is 12.0 Å². The maximum Gasteiger partial charge on any atom is 0.408 e. The Morgan fingerprint density at radius 1 is 0.895 bits per heavy atom. The van der Waals surface area contributed by atoms with Crippen LogP contribution >= 0.6 is 0 Å². The maximum atomic E-state index is 13.3. The van der Waals surface area contributed by atoms with Crippen molar-refractivity contribution in [2.75, 3.05) is 7.11 Å². The molecule has 0 bridgehead atoms. The van der Waals surface area contributed by atoms with Crippen LogP contribution in [0, 0.1) is 10.1 Å². The zero-order chi connectivity index (χ0) is 27.5. The lowest BCUT2D eigenvalue weighted by Gasteiger charge is -2.22. The number of benzene rings is 3. The Kier molecular flexibility index (Phi) is 9.75.